The molecule has 0 fully saturated rings. The van der Waals surface area contributed by atoms with E-state index in [1.807, 2.05) is 25.1 Å². The van der Waals surface area contributed by atoms with Gasteiger partial charge in [-0.05, 0) is 31.2 Å². The summed E-state index contributed by atoms with van der Waals surface area (Å²) in [5.74, 6) is 0.726. The molecule has 76 valence electrons. The third kappa shape index (κ3) is 2.46. The maximum atomic E-state index is 5.91. The van der Waals surface area contributed by atoms with Gasteiger partial charge in [0.1, 0.15) is 5.82 Å². The molecule has 15 heavy (non-hydrogen) atoms. The number of benzene rings is 1. The van der Waals surface area contributed by atoms with E-state index in [-0.39, 0.29) is 0 Å². The lowest BCUT2D eigenvalue weighted by molar-refractivity contribution is 1.06. The Bertz CT molecular complexity index is 477. The first-order valence-corrected chi connectivity index (χ1v) is 5.17. The van der Waals surface area contributed by atoms with Gasteiger partial charge in [-0.25, -0.2) is 9.97 Å². The highest BCUT2D eigenvalue weighted by molar-refractivity contribution is 6.35. The van der Waals surface area contributed by atoms with Crippen LogP contribution in [0.1, 0.15) is 5.82 Å². The largest absolute Gasteiger partial charge is 0.242 e. The number of aryl methyl sites for hydroxylation is 1. The minimum absolute atomic E-state index is 0.605. The highest BCUT2D eigenvalue weighted by Gasteiger charge is 2.02. The lowest BCUT2D eigenvalue weighted by Gasteiger charge is -2.02. The Morgan fingerprint density at radius 3 is 2.33 bits per heavy atom. The molecular weight excluding hydrogens is 231 g/mol. The molecular formula is C11H8Cl2N2. The molecule has 0 spiro atoms. The maximum Gasteiger partial charge on any atom is 0.125 e. The van der Waals surface area contributed by atoms with Gasteiger partial charge in [-0.1, -0.05) is 23.2 Å². The molecule has 1 aromatic carbocycles. The van der Waals surface area contributed by atoms with Crippen molar-refractivity contribution in [2.45, 2.75) is 6.92 Å². The second kappa shape index (κ2) is 4.17. The number of nitrogens with zero attached hydrogens (tertiary/aromatic N) is 2. The molecule has 1 aromatic heterocycles. The lowest BCUT2D eigenvalue weighted by atomic mass is 10.1. The highest BCUT2D eigenvalue weighted by Crippen LogP contribution is 2.25. The van der Waals surface area contributed by atoms with Crippen molar-refractivity contribution >= 4 is 23.2 Å². The monoisotopic (exact) mass is 238 g/mol. The Morgan fingerprint density at radius 2 is 1.73 bits per heavy atom. The fourth-order valence-corrected chi connectivity index (χ4v) is 1.84. The van der Waals surface area contributed by atoms with Gasteiger partial charge in [0.15, 0.2) is 0 Å². The van der Waals surface area contributed by atoms with Crippen molar-refractivity contribution in [3.8, 4) is 11.3 Å². The van der Waals surface area contributed by atoms with Crippen molar-refractivity contribution in [1.82, 2.24) is 9.97 Å². The highest BCUT2D eigenvalue weighted by atomic mass is 35.5. The minimum atomic E-state index is 0.605. The Kier molecular flexibility index (Phi) is 2.89. The van der Waals surface area contributed by atoms with Crippen LogP contribution < -0.4 is 0 Å². The molecule has 0 radical (unpaired) electrons. The number of halogens is 2. The number of hydrogen-bond acceptors (Lipinski definition) is 2. The van der Waals surface area contributed by atoms with E-state index >= 15 is 0 Å². The van der Waals surface area contributed by atoms with Crippen molar-refractivity contribution in [2.24, 2.45) is 0 Å². The van der Waals surface area contributed by atoms with Crippen LogP contribution in [-0.4, -0.2) is 9.97 Å². The van der Waals surface area contributed by atoms with Gasteiger partial charge in [-0.3, -0.25) is 0 Å². The number of aromatic nitrogens is 2. The first kappa shape index (κ1) is 10.4. The third-order valence-electron chi connectivity index (χ3n) is 1.93. The third-order valence-corrected chi connectivity index (χ3v) is 2.37. The molecule has 0 atom stereocenters. The lowest BCUT2D eigenvalue weighted by Crippen LogP contribution is -1.89. The van der Waals surface area contributed by atoms with Gasteiger partial charge < -0.3 is 0 Å². The van der Waals surface area contributed by atoms with E-state index in [0.29, 0.717) is 10.0 Å². The zero-order valence-electron chi connectivity index (χ0n) is 8.04. The molecule has 0 bridgehead atoms. The van der Waals surface area contributed by atoms with Crippen LogP contribution in [0.2, 0.25) is 10.0 Å². The zero-order chi connectivity index (χ0) is 10.8. The molecule has 0 saturated carbocycles. The van der Waals surface area contributed by atoms with Crippen molar-refractivity contribution in [3.05, 3.63) is 46.3 Å². The zero-order valence-corrected chi connectivity index (χ0v) is 9.55. The van der Waals surface area contributed by atoms with E-state index in [4.69, 9.17) is 23.2 Å². The first-order valence-electron chi connectivity index (χ1n) is 4.41. The van der Waals surface area contributed by atoms with Crippen LogP contribution in [0.4, 0.5) is 0 Å². The average molecular weight is 239 g/mol. The van der Waals surface area contributed by atoms with Gasteiger partial charge in [-0.15, -0.1) is 0 Å². The Labute approximate surface area is 97.9 Å². The smallest absolute Gasteiger partial charge is 0.125 e. The quantitative estimate of drug-likeness (QED) is 0.757. The van der Waals surface area contributed by atoms with Crippen LogP contribution in [0.5, 0.6) is 0 Å². The van der Waals surface area contributed by atoms with Crippen LogP contribution in [-0.2, 0) is 0 Å². The summed E-state index contributed by atoms with van der Waals surface area (Å²) in [6.07, 6.45) is 1.71. The van der Waals surface area contributed by atoms with E-state index in [0.717, 1.165) is 17.1 Å². The molecule has 0 aliphatic heterocycles. The fraction of sp³-hybridized carbons (Fsp3) is 0.0909. The molecule has 2 aromatic rings. The summed E-state index contributed by atoms with van der Waals surface area (Å²) in [6, 6.07) is 7.18. The van der Waals surface area contributed by atoms with E-state index in [1.165, 1.54) is 0 Å². The van der Waals surface area contributed by atoms with E-state index < -0.39 is 0 Å². The van der Waals surface area contributed by atoms with Crippen LogP contribution in [0.3, 0.4) is 0 Å². The molecule has 4 heteroatoms. The van der Waals surface area contributed by atoms with Gasteiger partial charge in [0.25, 0.3) is 0 Å². The summed E-state index contributed by atoms with van der Waals surface area (Å²) in [6.45, 7) is 1.84. The van der Waals surface area contributed by atoms with Crippen LogP contribution >= 0.6 is 23.2 Å². The second-order valence-corrected chi connectivity index (χ2v) is 4.02. The van der Waals surface area contributed by atoms with E-state index in [2.05, 4.69) is 9.97 Å². The minimum Gasteiger partial charge on any atom is -0.242 e. The summed E-state index contributed by atoms with van der Waals surface area (Å²) in [4.78, 5) is 8.33. The van der Waals surface area contributed by atoms with Crippen molar-refractivity contribution in [1.29, 1.82) is 0 Å². The second-order valence-electron chi connectivity index (χ2n) is 3.15. The van der Waals surface area contributed by atoms with Crippen LogP contribution in [0, 0.1) is 6.92 Å². The van der Waals surface area contributed by atoms with Crippen molar-refractivity contribution in [3.63, 3.8) is 0 Å². The topological polar surface area (TPSA) is 25.8 Å². The molecule has 0 aliphatic rings. The summed E-state index contributed by atoms with van der Waals surface area (Å²) >= 11 is 11.8. The van der Waals surface area contributed by atoms with Gasteiger partial charge in [0.05, 0.1) is 5.69 Å². The average Bonchev–Trinajstić information content (AvgIpc) is 2.16. The molecule has 2 nitrogen and oxygen atoms in total. The fourth-order valence-electron chi connectivity index (χ4n) is 1.32. The van der Waals surface area contributed by atoms with E-state index in [9.17, 15) is 0 Å². The summed E-state index contributed by atoms with van der Waals surface area (Å²) in [7, 11) is 0. The Hall–Kier alpha value is -1.12. The molecule has 0 N–H and O–H groups in total. The van der Waals surface area contributed by atoms with E-state index in [1.54, 1.807) is 12.3 Å². The van der Waals surface area contributed by atoms with Crippen LogP contribution in [0.15, 0.2) is 30.5 Å². The predicted octanol–water partition coefficient (Wildman–Crippen LogP) is 3.76. The molecule has 1 heterocycles. The molecule has 0 unspecified atom stereocenters. The Morgan fingerprint density at radius 1 is 1.07 bits per heavy atom. The molecule has 0 saturated heterocycles. The van der Waals surface area contributed by atoms with Gasteiger partial charge in [0, 0.05) is 21.8 Å². The molecule has 2 rings (SSSR count). The predicted molar refractivity (Wildman–Crippen MR) is 62.2 cm³/mol. The molecule has 0 aliphatic carbocycles. The SMILES string of the molecule is Cc1nccc(-c2cc(Cl)cc(Cl)c2)n1. The standard InChI is InChI=1S/C11H8Cl2N2/c1-7-14-3-2-11(15-7)8-4-9(12)6-10(13)5-8/h2-6H,1H3. The maximum absolute atomic E-state index is 5.91. The summed E-state index contributed by atoms with van der Waals surface area (Å²) in [5.41, 5.74) is 1.73. The van der Waals surface area contributed by atoms with Crippen molar-refractivity contribution < 1.29 is 0 Å². The van der Waals surface area contributed by atoms with Crippen molar-refractivity contribution in [2.75, 3.05) is 0 Å². The van der Waals surface area contributed by atoms with Gasteiger partial charge in [0.2, 0.25) is 0 Å². The normalized spacial score (nSPS) is 10.3. The van der Waals surface area contributed by atoms with Crippen LogP contribution in [0.25, 0.3) is 11.3 Å². The Balaban J connectivity index is 2.54. The molecule has 0 amide bonds. The first-order chi connectivity index (χ1) is 7.15. The van der Waals surface area contributed by atoms with Gasteiger partial charge >= 0.3 is 0 Å². The van der Waals surface area contributed by atoms with Gasteiger partial charge in [-0.2, -0.15) is 0 Å². The summed E-state index contributed by atoms with van der Waals surface area (Å²) < 4.78 is 0. The summed E-state index contributed by atoms with van der Waals surface area (Å²) in [5, 5.41) is 1.21. The number of hydrogen-bond donors (Lipinski definition) is 0. The number of rotatable bonds is 1.